The summed E-state index contributed by atoms with van der Waals surface area (Å²) in [6, 6.07) is 5.47. The first-order chi connectivity index (χ1) is 12.0. The van der Waals surface area contributed by atoms with Crippen LogP contribution in [0.1, 0.15) is 25.3 Å². The highest BCUT2D eigenvalue weighted by molar-refractivity contribution is 6.36. The second-order valence-electron chi connectivity index (χ2n) is 6.75. The van der Waals surface area contributed by atoms with Crippen molar-refractivity contribution < 1.29 is 9.59 Å². The van der Waals surface area contributed by atoms with E-state index >= 15 is 0 Å². The first-order valence-electron chi connectivity index (χ1n) is 8.71. The van der Waals surface area contributed by atoms with E-state index in [4.69, 9.17) is 23.2 Å². The van der Waals surface area contributed by atoms with Crippen molar-refractivity contribution >= 4 is 35.0 Å². The summed E-state index contributed by atoms with van der Waals surface area (Å²) in [5.74, 6) is 0.106. The van der Waals surface area contributed by atoms with Gasteiger partial charge < -0.3 is 10.2 Å². The van der Waals surface area contributed by atoms with Crippen LogP contribution in [0, 0.1) is 0 Å². The summed E-state index contributed by atoms with van der Waals surface area (Å²) in [7, 11) is 0. The molecule has 1 aromatic rings. The monoisotopic (exact) mass is 383 g/mol. The molecule has 7 heteroatoms. The number of benzene rings is 1. The fraction of sp³-hybridized carbons (Fsp3) is 0.556. The van der Waals surface area contributed by atoms with Crippen LogP contribution in [-0.2, 0) is 16.0 Å². The molecule has 0 aromatic heterocycles. The van der Waals surface area contributed by atoms with Crippen molar-refractivity contribution in [2.45, 2.75) is 38.3 Å². The Hall–Kier alpha value is -1.30. The van der Waals surface area contributed by atoms with Crippen molar-refractivity contribution in [1.29, 1.82) is 0 Å². The van der Waals surface area contributed by atoms with Gasteiger partial charge in [0.05, 0.1) is 12.5 Å². The summed E-state index contributed by atoms with van der Waals surface area (Å²) in [5, 5.41) is 4.08. The van der Waals surface area contributed by atoms with Gasteiger partial charge in [0, 0.05) is 42.3 Å². The van der Waals surface area contributed by atoms with Crippen LogP contribution in [-0.4, -0.2) is 59.9 Å². The van der Waals surface area contributed by atoms with Crippen molar-refractivity contribution in [3.63, 3.8) is 0 Å². The lowest BCUT2D eigenvalue weighted by Gasteiger charge is -2.37. The number of rotatable bonds is 5. The van der Waals surface area contributed by atoms with Gasteiger partial charge in [0.25, 0.3) is 0 Å². The van der Waals surface area contributed by atoms with Crippen LogP contribution >= 0.6 is 23.2 Å². The van der Waals surface area contributed by atoms with Gasteiger partial charge in [0.2, 0.25) is 11.8 Å². The highest BCUT2D eigenvalue weighted by Gasteiger charge is 2.31. The SMILES string of the molecule is CC(C(=O)NC1CC1)N1CCN(C(=O)Cc2c(Cl)cccc2Cl)CC1. The lowest BCUT2D eigenvalue weighted by Crippen LogP contribution is -2.55. The van der Waals surface area contributed by atoms with Crippen molar-refractivity contribution in [3.05, 3.63) is 33.8 Å². The van der Waals surface area contributed by atoms with E-state index in [1.165, 1.54) is 0 Å². The molecule has 5 nitrogen and oxygen atoms in total. The molecule has 1 aliphatic carbocycles. The van der Waals surface area contributed by atoms with Gasteiger partial charge in [-0.25, -0.2) is 0 Å². The summed E-state index contributed by atoms with van der Waals surface area (Å²) in [5.41, 5.74) is 0.676. The van der Waals surface area contributed by atoms with Crippen LogP contribution in [0.15, 0.2) is 18.2 Å². The van der Waals surface area contributed by atoms with Gasteiger partial charge in [-0.15, -0.1) is 0 Å². The average Bonchev–Trinajstić information content (AvgIpc) is 3.41. The Morgan fingerprint density at radius 3 is 2.32 bits per heavy atom. The average molecular weight is 384 g/mol. The molecule has 0 radical (unpaired) electrons. The van der Waals surface area contributed by atoms with Gasteiger partial charge in [-0.1, -0.05) is 29.3 Å². The molecular formula is C18H23Cl2N3O2. The minimum Gasteiger partial charge on any atom is -0.352 e. The Labute approximate surface area is 158 Å². The fourth-order valence-corrected chi connectivity index (χ4v) is 3.57. The number of hydrogen-bond donors (Lipinski definition) is 1. The van der Waals surface area contributed by atoms with Crippen molar-refractivity contribution in [2.24, 2.45) is 0 Å². The van der Waals surface area contributed by atoms with Crippen LogP contribution in [0.25, 0.3) is 0 Å². The third kappa shape index (κ3) is 4.66. The van der Waals surface area contributed by atoms with Crippen LogP contribution in [0.4, 0.5) is 0 Å². The van der Waals surface area contributed by atoms with Gasteiger partial charge in [0.1, 0.15) is 0 Å². The van der Waals surface area contributed by atoms with Crippen molar-refractivity contribution in [3.8, 4) is 0 Å². The molecule has 2 fully saturated rings. The van der Waals surface area contributed by atoms with Crippen LogP contribution in [0.3, 0.4) is 0 Å². The largest absolute Gasteiger partial charge is 0.352 e. The summed E-state index contributed by atoms with van der Waals surface area (Å²) in [6.45, 7) is 4.55. The summed E-state index contributed by atoms with van der Waals surface area (Å²) >= 11 is 12.3. The highest BCUT2D eigenvalue weighted by Crippen LogP contribution is 2.25. The molecule has 1 heterocycles. The zero-order valence-corrected chi connectivity index (χ0v) is 15.8. The van der Waals surface area contributed by atoms with Crippen LogP contribution in [0.5, 0.6) is 0 Å². The smallest absolute Gasteiger partial charge is 0.237 e. The number of halogens is 2. The standard InChI is InChI=1S/C18H23Cl2N3O2/c1-12(18(25)21-13-5-6-13)22-7-9-23(10-8-22)17(24)11-14-15(19)3-2-4-16(14)20/h2-4,12-13H,5-11H2,1H3,(H,21,25). The summed E-state index contributed by atoms with van der Waals surface area (Å²) in [6.07, 6.45) is 2.38. The predicted molar refractivity (Wildman–Crippen MR) is 98.9 cm³/mol. The van der Waals surface area contributed by atoms with Gasteiger partial charge >= 0.3 is 0 Å². The molecule has 1 saturated heterocycles. The molecule has 0 spiro atoms. The van der Waals surface area contributed by atoms with E-state index in [1.807, 2.05) is 11.8 Å². The number of nitrogens with one attached hydrogen (secondary N) is 1. The van der Waals surface area contributed by atoms with Crippen molar-refractivity contribution in [1.82, 2.24) is 15.1 Å². The summed E-state index contributed by atoms with van der Waals surface area (Å²) in [4.78, 5) is 28.7. The Morgan fingerprint density at radius 2 is 1.76 bits per heavy atom. The summed E-state index contributed by atoms with van der Waals surface area (Å²) < 4.78 is 0. The second-order valence-corrected chi connectivity index (χ2v) is 7.57. The maximum atomic E-state index is 12.5. The number of nitrogens with zero attached hydrogens (tertiary/aromatic N) is 2. The Morgan fingerprint density at radius 1 is 1.16 bits per heavy atom. The van der Waals surface area contributed by atoms with Crippen LogP contribution in [0.2, 0.25) is 10.0 Å². The second kappa shape index (κ2) is 7.94. The maximum Gasteiger partial charge on any atom is 0.237 e. The normalized spacial score (nSPS) is 19.6. The maximum absolute atomic E-state index is 12.5. The molecule has 0 bridgehead atoms. The number of amides is 2. The molecule has 1 N–H and O–H groups in total. The van der Waals surface area contributed by atoms with E-state index < -0.39 is 0 Å². The molecule has 2 aliphatic rings. The first kappa shape index (κ1) is 18.5. The Kier molecular flexibility index (Phi) is 5.87. The number of carbonyl (C=O) groups is 2. The molecule has 1 aliphatic heterocycles. The quantitative estimate of drug-likeness (QED) is 0.848. The minimum atomic E-state index is -0.157. The van der Waals surface area contributed by atoms with E-state index in [1.54, 1.807) is 18.2 Å². The first-order valence-corrected chi connectivity index (χ1v) is 9.46. The third-order valence-electron chi connectivity index (χ3n) is 4.91. The number of carbonyl (C=O) groups excluding carboxylic acids is 2. The number of hydrogen-bond acceptors (Lipinski definition) is 3. The van der Waals surface area contributed by atoms with Gasteiger partial charge in [-0.2, -0.15) is 0 Å². The van der Waals surface area contributed by atoms with Gasteiger partial charge in [-0.05, 0) is 37.5 Å². The van der Waals surface area contributed by atoms with Gasteiger partial charge in [0.15, 0.2) is 0 Å². The van der Waals surface area contributed by atoms with E-state index in [9.17, 15) is 9.59 Å². The predicted octanol–water partition coefficient (Wildman–Crippen LogP) is 2.35. The van der Waals surface area contributed by atoms with Crippen LogP contribution < -0.4 is 5.32 Å². The molecule has 2 amide bonds. The third-order valence-corrected chi connectivity index (χ3v) is 5.62. The molecular weight excluding hydrogens is 361 g/mol. The molecule has 3 rings (SSSR count). The van der Waals surface area contributed by atoms with Crippen molar-refractivity contribution in [2.75, 3.05) is 26.2 Å². The van der Waals surface area contributed by atoms with E-state index in [-0.39, 0.29) is 24.3 Å². The van der Waals surface area contributed by atoms with Gasteiger partial charge in [-0.3, -0.25) is 14.5 Å². The zero-order chi connectivity index (χ0) is 18.0. The van der Waals surface area contributed by atoms with E-state index in [0.29, 0.717) is 47.8 Å². The molecule has 1 unspecified atom stereocenters. The Bertz CT molecular complexity index is 635. The highest BCUT2D eigenvalue weighted by atomic mass is 35.5. The van der Waals surface area contributed by atoms with E-state index in [0.717, 1.165) is 12.8 Å². The Balaban J connectivity index is 1.51. The molecule has 1 atom stereocenters. The number of piperazine rings is 1. The minimum absolute atomic E-state index is 0.0183. The lowest BCUT2D eigenvalue weighted by atomic mass is 10.1. The molecule has 136 valence electrons. The zero-order valence-electron chi connectivity index (χ0n) is 14.3. The fourth-order valence-electron chi connectivity index (χ4n) is 3.04. The topological polar surface area (TPSA) is 52.7 Å². The molecule has 1 aromatic carbocycles. The van der Waals surface area contributed by atoms with E-state index in [2.05, 4.69) is 10.2 Å². The lowest BCUT2D eigenvalue weighted by molar-refractivity contribution is -0.133. The molecule has 1 saturated carbocycles. The molecule has 25 heavy (non-hydrogen) atoms.